The van der Waals surface area contributed by atoms with Crippen LogP contribution in [0.25, 0.3) is 0 Å². The van der Waals surface area contributed by atoms with Gasteiger partial charge in [0.25, 0.3) is 0 Å². The second-order valence-electron chi connectivity index (χ2n) is 3.79. The average molecular weight is 288 g/mol. The van der Waals surface area contributed by atoms with Crippen molar-refractivity contribution in [1.29, 1.82) is 0 Å². The predicted molar refractivity (Wildman–Crippen MR) is 70.2 cm³/mol. The molecule has 16 heavy (non-hydrogen) atoms. The Morgan fingerprint density at radius 2 is 2.12 bits per heavy atom. The Kier molecular flexibility index (Phi) is 5.63. The van der Waals surface area contributed by atoms with Gasteiger partial charge >= 0.3 is 0 Å². The van der Waals surface area contributed by atoms with Gasteiger partial charge in [-0.2, -0.15) is 0 Å². The van der Waals surface area contributed by atoms with E-state index in [2.05, 4.69) is 28.2 Å². The third-order valence-corrected chi connectivity index (χ3v) is 2.96. The number of nitrogens with one attached hydrogen (secondary N) is 1. The highest BCUT2D eigenvalue weighted by Gasteiger charge is 2.04. The molecule has 0 amide bonds. The SMILES string of the molecule is COCC(C)CNc1cc(OC)ccc1Br. The summed E-state index contributed by atoms with van der Waals surface area (Å²) in [4.78, 5) is 0. The second kappa shape index (κ2) is 6.76. The summed E-state index contributed by atoms with van der Waals surface area (Å²) in [6.07, 6.45) is 0. The fraction of sp³-hybridized carbons (Fsp3) is 0.500. The molecule has 1 aromatic carbocycles. The van der Waals surface area contributed by atoms with Crippen molar-refractivity contribution in [3.63, 3.8) is 0 Å². The highest BCUT2D eigenvalue weighted by atomic mass is 79.9. The van der Waals surface area contributed by atoms with Gasteiger partial charge in [-0.3, -0.25) is 0 Å². The molecule has 1 atom stereocenters. The van der Waals surface area contributed by atoms with E-state index in [1.165, 1.54) is 0 Å². The number of ether oxygens (including phenoxy) is 2. The monoisotopic (exact) mass is 287 g/mol. The van der Waals surface area contributed by atoms with Gasteiger partial charge in [-0.25, -0.2) is 0 Å². The maximum absolute atomic E-state index is 5.18. The fourth-order valence-electron chi connectivity index (χ4n) is 1.39. The van der Waals surface area contributed by atoms with Crippen LogP contribution in [0.4, 0.5) is 5.69 Å². The van der Waals surface area contributed by atoms with Crippen LogP contribution in [0.1, 0.15) is 6.92 Å². The number of rotatable bonds is 6. The van der Waals surface area contributed by atoms with Gasteiger partial charge in [-0.15, -0.1) is 0 Å². The minimum atomic E-state index is 0.475. The summed E-state index contributed by atoms with van der Waals surface area (Å²) >= 11 is 3.50. The van der Waals surface area contributed by atoms with Crippen LogP contribution in [-0.4, -0.2) is 27.4 Å². The molecule has 0 spiro atoms. The average Bonchev–Trinajstić information content (AvgIpc) is 2.28. The normalized spacial score (nSPS) is 12.2. The van der Waals surface area contributed by atoms with E-state index in [9.17, 15) is 0 Å². The van der Waals surface area contributed by atoms with E-state index in [0.29, 0.717) is 5.92 Å². The summed E-state index contributed by atoms with van der Waals surface area (Å²) in [5.74, 6) is 1.33. The number of anilines is 1. The van der Waals surface area contributed by atoms with Crippen molar-refractivity contribution in [2.75, 3.05) is 32.7 Å². The summed E-state index contributed by atoms with van der Waals surface area (Å²) in [5, 5.41) is 3.37. The molecule has 0 radical (unpaired) electrons. The van der Waals surface area contributed by atoms with Crippen molar-refractivity contribution in [3.05, 3.63) is 22.7 Å². The maximum atomic E-state index is 5.18. The fourth-order valence-corrected chi connectivity index (χ4v) is 1.78. The van der Waals surface area contributed by atoms with Crippen LogP contribution in [0, 0.1) is 5.92 Å². The third kappa shape index (κ3) is 4.02. The van der Waals surface area contributed by atoms with Gasteiger partial charge in [0.05, 0.1) is 19.4 Å². The van der Waals surface area contributed by atoms with Crippen LogP contribution in [0.2, 0.25) is 0 Å². The molecule has 1 aromatic rings. The Morgan fingerprint density at radius 1 is 1.38 bits per heavy atom. The molecule has 0 aliphatic rings. The second-order valence-corrected chi connectivity index (χ2v) is 4.64. The first-order chi connectivity index (χ1) is 7.67. The number of hydrogen-bond acceptors (Lipinski definition) is 3. The lowest BCUT2D eigenvalue weighted by Gasteiger charge is -2.14. The van der Waals surface area contributed by atoms with Crippen molar-refractivity contribution in [1.82, 2.24) is 0 Å². The molecule has 0 saturated heterocycles. The van der Waals surface area contributed by atoms with E-state index in [4.69, 9.17) is 9.47 Å². The van der Waals surface area contributed by atoms with Gasteiger partial charge in [0.15, 0.2) is 0 Å². The third-order valence-electron chi connectivity index (χ3n) is 2.27. The highest BCUT2D eigenvalue weighted by Crippen LogP contribution is 2.27. The molecule has 3 nitrogen and oxygen atoms in total. The quantitative estimate of drug-likeness (QED) is 0.872. The number of methoxy groups -OCH3 is 2. The zero-order valence-corrected chi connectivity index (χ0v) is 11.5. The summed E-state index contributed by atoms with van der Waals surface area (Å²) in [6.45, 7) is 3.78. The highest BCUT2D eigenvalue weighted by molar-refractivity contribution is 9.10. The minimum absolute atomic E-state index is 0.475. The molecule has 4 heteroatoms. The molecule has 1 unspecified atom stereocenters. The van der Waals surface area contributed by atoms with Crippen LogP contribution in [0.3, 0.4) is 0 Å². The molecule has 0 bridgehead atoms. The summed E-state index contributed by atoms with van der Waals surface area (Å²) in [7, 11) is 3.39. The Labute approximate surface area is 105 Å². The van der Waals surface area contributed by atoms with Gasteiger partial charge in [0.2, 0.25) is 0 Å². The first-order valence-corrected chi connectivity index (χ1v) is 6.03. The van der Waals surface area contributed by atoms with Crippen LogP contribution >= 0.6 is 15.9 Å². The van der Waals surface area contributed by atoms with Gasteiger partial charge in [-0.05, 0) is 34.0 Å². The van der Waals surface area contributed by atoms with E-state index in [1.807, 2.05) is 18.2 Å². The van der Waals surface area contributed by atoms with Crippen molar-refractivity contribution >= 4 is 21.6 Å². The topological polar surface area (TPSA) is 30.5 Å². The lowest BCUT2D eigenvalue weighted by molar-refractivity contribution is 0.164. The van der Waals surface area contributed by atoms with Crippen molar-refractivity contribution < 1.29 is 9.47 Å². The first-order valence-electron chi connectivity index (χ1n) is 5.23. The minimum Gasteiger partial charge on any atom is -0.497 e. The van der Waals surface area contributed by atoms with Crippen molar-refractivity contribution in [3.8, 4) is 5.75 Å². The number of benzene rings is 1. The van der Waals surface area contributed by atoms with Gasteiger partial charge in [-0.1, -0.05) is 6.92 Å². The number of halogens is 1. The summed E-state index contributed by atoms with van der Waals surface area (Å²) in [5.41, 5.74) is 1.04. The maximum Gasteiger partial charge on any atom is 0.121 e. The molecule has 0 aromatic heterocycles. The molecular weight excluding hydrogens is 270 g/mol. The molecule has 1 N–H and O–H groups in total. The Bertz CT molecular complexity index is 331. The molecule has 1 rings (SSSR count). The largest absolute Gasteiger partial charge is 0.497 e. The van der Waals surface area contributed by atoms with E-state index in [0.717, 1.165) is 29.1 Å². The standard InChI is InChI=1S/C12H18BrNO2/c1-9(8-15-2)7-14-12-6-10(16-3)4-5-11(12)13/h4-6,9,14H,7-8H2,1-3H3. The Balaban J connectivity index is 2.58. The molecular formula is C12H18BrNO2. The van der Waals surface area contributed by atoms with Crippen LogP contribution in [-0.2, 0) is 4.74 Å². The van der Waals surface area contributed by atoms with E-state index in [-0.39, 0.29) is 0 Å². The molecule has 0 aliphatic carbocycles. The molecule has 0 fully saturated rings. The van der Waals surface area contributed by atoms with E-state index < -0.39 is 0 Å². The number of hydrogen-bond donors (Lipinski definition) is 1. The zero-order valence-electron chi connectivity index (χ0n) is 9.92. The molecule has 0 saturated carbocycles. The lowest BCUT2D eigenvalue weighted by atomic mass is 10.2. The van der Waals surface area contributed by atoms with E-state index in [1.54, 1.807) is 14.2 Å². The van der Waals surface area contributed by atoms with Crippen LogP contribution < -0.4 is 10.1 Å². The molecule has 0 heterocycles. The van der Waals surface area contributed by atoms with Crippen LogP contribution in [0.5, 0.6) is 5.75 Å². The summed E-state index contributed by atoms with van der Waals surface area (Å²) < 4.78 is 11.3. The predicted octanol–water partition coefficient (Wildman–Crippen LogP) is 3.15. The zero-order chi connectivity index (χ0) is 12.0. The Hall–Kier alpha value is -0.740. The lowest BCUT2D eigenvalue weighted by Crippen LogP contribution is -2.16. The van der Waals surface area contributed by atoms with Gasteiger partial charge in [0, 0.05) is 24.2 Å². The van der Waals surface area contributed by atoms with Gasteiger partial charge < -0.3 is 14.8 Å². The molecule has 90 valence electrons. The molecule has 0 aliphatic heterocycles. The van der Waals surface area contributed by atoms with Crippen molar-refractivity contribution in [2.45, 2.75) is 6.92 Å². The first kappa shape index (κ1) is 13.3. The Morgan fingerprint density at radius 3 is 2.75 bits per heavy atom. The summed E-state index contributed by atoms with van der Waals surface area (Å²) in [6, 6.07) is 5.87. The van der Waals surface area contributed by atoms with Crippen LogP contribution in [0.15, 0.2) is 22.7 Å². The van der Waals surface area contributed by atoms with Crippen molar-refractivity contribution in [2.24, 2.45) is 5.92 Å². The van der Waals surface area contributed by atoms with E-state index >= 15 is 0 Å². The smallest absolute Gasteiger partial charge is 0.121 e. The van der Waals surface area contributed by atoms with Gasteiger partial charge in [0.1, 0.15) is 5.75 Å².